The van der Waals surface area contributed by atoms with Crippen LogP contribution in [0.15, 0.2) is 54.6 Å². The molecule has 1 heterocycles. The molecule has 138 valence electrons. The van der Waals surface area contributed by atoms with E-state index in [0.29, 0.717) is 19.6 Å². The third-order valence-corrected chi connectivity index (χ3v) is 4.45. The van der Waals surface area contributed by atoms with Crippen molar-refractivity contribution in [3.8, 4) is 5.75 Å². The number of amides is 1. The van der Waals surface area contributed by atoms with Crippen molar-refractivity contribution < 1.29 is 23.8 Å². The van der Waals surface area contributed by atoms with Crippen LogP contribution in [0.25, 0.3) is 0 Å². The number of rotatable bonds is 6. The predicted octanol–water partition coefficient (Wildman–Crippen LogP) is 2.04. The number of carbonyl (C=O) groups excluding carboxylic acids is 1. The molecule has 1 unspecified atom stereocenters. The number of para-hydroxylation sites is 1. The lowest BCUT2D eigenvalue weighted by Gasteiger charge is -2.41. The van der Waals surface area contributed by atoms with Crippen LogP contribution in [-0.4, -0.2) is 54.4 Å². The highest BCUT2D eigenvalue weighted by atomic mass is 19.1. The first-order valence-electron chi connectivity index (χ1n) is 8.56. The second kappa shape index (κ2) is 8.29. The molecule has 1 aliphatic heterocycles. The number of benzene rings is 2. The molecule has 0 spiro atoms. The van der Waals surface area contributed by atoms with Gasteiger partial charge in [-0.15, -0.1) is 0 Å². The second-order valence-corrected chi connectivity index (χ2v) is 6.39. The van der Waals surface area contributed by atoms with Crippen molar-refractivity contribution in [3.63, 3.8) is 0 Å². The van der Waals surface area contributed by atoms with Gasteiger partial charge in [0, 0.05) is 13.0 Å². The molecule has 5 nitrogen and oxygen atoms in total. The van der Waals surface area contributed by atoms with Crippen molar-refractivity contribution in [1.82, 2.24) is 4.90 Å². The van der Waals surface area contributed by atoms with Crippen molar-refractivity contribution in [3.05, 3.63) is 66.0 Å². The quantitative estimate of drug-likeness (QED) is 0.858. The van der Waals surface area contributed by atoms with Gasteiger partial charge in [0.1, 0.15) is 5.60 Å². The van der Waals surface area contributed by atoms with Gasteiger partial charge in [-0.25, -0.2) is 4.39 Å². The molecule has 2 aromatic rings. The Kier molecular flexibility index (Phi) is 5.85. The van der Waals surface area contributed by atoms with Crippen LogP contribution in [0.4, 0.5) is 4.39 Å². The van der Waals surface area contributed by atoms with Crippen molar-refractivity contribution in [2.24, 2.45) is 0 Å². The number of halogens is 1. The SMILES string of the molecule is O=C(COc1ccccc1F)N1CCOC(CO)(Cc2ccccc2)C1. The van der Waals surface area contributed by atoms with Gasteiger partial charge < -0.3 is 19.5 Å². The monoisotopic (exact) mass is 359 g/mol. The number of ether oxygens (including phenoxy) is 2. The lowest BCUT2D eigenvalue weighted by Crippen LogP contribution is -2.57. The van der Waals surface area contributed by atoms with Gasteiger partial charge in [0.2, 0.25) is 0 Å². The fourth-order valence-corrected chi connectivity index (χ4v) is 3.08. The van der Waals surface area contributed by atoms with E-state index in [0.717, 1.165) is 5.56 Å². The molecule has 0 aromatic heterocycles. The Hall–Kier alpha value is -2.44. The molecule has 1 atom stereocenters. The van der Waals surface area contributed by atoms with Gasteiger partial charge in [0.05, 0.1) is 19.8 Å². The van der Waals surface area contributed by atoms with E-state index < -0.39 is 11.4 Å². The average molecular weight is 359 g/mol. The maximum absolute atomic E-state index is 13.6. The Labute approximate surface area is 152 Å². The Morgan fingerprint density at radius 2 is 1.92 bits per heavy atom. The molecule has 6 heteroatoms. The van der Waals surface area contributed by atoms with Crippen LogP contribution in [0.2, 0.25) is 0 Å². The van der Waals surface area contributed by atoms with Gasteiger partial charge in [0.25, 0.3) is 5.91 Å². The van der Waals surface area contributed by atoms with Gasteiger partial charge in [-0.05, 0) is 17.7 Å². The lowest BCUT2D eigenvalue weighted by molar-refractivity contribution is -0.159. The van der Waals surface area contributed by atoms with Crippen molar-refractivity contribution in [2.75, 3.05) is 32.9 Å². The van der Waals surface area contributed by atoms with E-state index in [2.05, 4.69) is 0 Å². The first kappa shape index (κ1) is 18.4. The zero-order valence-corrected chi connectivity index (χ0v) is 14.4. The van der Waals surface area contributed by atoms with Crippen molar-refractivity contribution in [1.29, 1.82) is 0 Å². The summed E-state index contributed by atoms with van der Waals surface area (Å²) in [7, 11) is 0. The number of aliphatic hydroxyl groups excluding tert-OH is 1. The zero-order valence-electron chi connectivity index (χ0n) is 14.4. The fourth-order valence-electron chi connectivity index (χ4n) is 3.08. The summed E-state index contributed by atoms with van der Waals surface area (Å²) in [5.74, 6) is -0.717. The van der Waals surface area contributed by atoms with Gasteiger partial charge >= 0.3 is 0 Å². The lowest BCUT2D eigenvalue weighted by atomic mass is 9.93. The Morgan fingerprint density at radius 1 is 1.19 bits per heavy atom. The summed E-state index contributed by atoms with van der Waals surface area (Å²) < 4.78 is 24.7. The second-order valence-electron chi connectivity index (χ2n) is 6.39. The first-order chi connectivity index (χ1) is 12.6. The van der Waals surface area contributed by atoms with E-state index >= 15 is 0 Å². The summed E-state index contributed by atoms with van der Waals surface area (Å²) in [6.45, 7) is 0.556. The summed E-state index contributed by atoms with van der Waals surface area (Å²) in [6, 6.07) is 15.7. The number of carbonyl (C=O) groups is 1. The van der Waals surface area contributed by atoms with E-state index in [4.69, 9.17) is 9.47 Å². The third kappa shape index (κ3) is 4.39. The molecular formula is C20H22FNO4. The van der Waals surface area contributed by atoms with Crippen LogP contribution in [0, 0.1) is 5.82 Å². The smallest absolute Gasteiger partial charge is 0.260 e. The molecular weight excluding hydrogens is 337 g/mol. The third-order valence-electron chi connectivity index (χ3n) is 4.45. The number of hydrogen-bond acceptors (Lipinski definition) is 4. The Morgan fingerprint density at radius 3 is 2.65 bits per heavy atom. The molecule has 0 bridgehead atoms. The number of nitrogens with zero attached hydrogens (tertiary/aromatic N) is 1. The molecule has 3 rings (SSSR count). The Bertz CT molecular complexity index is 740. The molecule has 26 heavy (non-hydrogen) atoms. The zero-order chi connectivity index (χ0) is 18.4. The average Bonchev–Trinajstić information content (AvgIpc) is 2.68. The molecule has 1 N–H and O–H groups in total. The summed E-state index contributed by atoms with van der Waals surface area (Å²) in [4.78, 5) is 14.1. The first-order valence-corrected chi connectivity index (χ1v) is 8.56. The van der Waals surface area contributed by atoms with Crippen molar-refractivity contribution in [2.45, 2.75) is 12.0 Å². The highest BCUT2D eigenvalue weighted by Gasteiger charge is 2.38. The minimum Gasteiger partial charge on any atom is -0.481 e. The minimum atomic E-state index is -0.840. The van der Waals surface area contributed by atoms with Gasteiger partial charge in [0.15, 0.2) is 18.2 Å². The van der Waals surface area contributed by atoms with Gasteiger partial charge in [-0.2, -0.15) is 0 Å². The molecule has 1 aliphatic rings. The Balaban J connectivity index is 1.63. The van der Waals surface area contributed by atoms with Gasteiger partial charge in [-0.3, -0.25) is 4.79 Å². The number of morpholine rings is 1. The molecule has 1 amide bonds. The number of aliphatic hydroxyl groups is 1. The van der Waals surface area contributed by atoms with E-state index in [-0.39, 0.29) is 31.4 Å². The fraction of sp³-hybridized carbons (Fsp3) is 0.350. The highest BCUT2D eigenvalue weighted by Crippen LogP contribution is 2.23. The predicted molar refractivity (Wildman–Crippen MR) is 94.4 cm³/mol. The van der Waals surface area contributed by atoms with Gasteiger partial charge in [-0.1, -0.05) is 42.5 Å². The van der Waals surface area contributed by atoms with Crippen LogP contribution in [-0.2, 0) is 16.0 Å². The van der Waals surface area contributed by atoms with E-state index in [1.54, 1.807) is 17.0 Å². The summed E-state index contributed by atoms with van der Waals surface area (Å²) in [5, 5.41) is 9.90. The van der Waals surface area contributed by atoms with Crippen molar-refractivity contribution >= 4 is 5.91 Å². The maximum atomic E-state index is 13.6. The molecule has 0 aliphatic carbocycles. The van der Waals surface area contributed by atoms with Crippen LogP contribution in [0.5, 0.6) is 5.75 Å². The minimum absolute atomic E-state index is 0.0480. The molecule has 1 fully saturated rings. The maximum Gasteiger partial charge on any atom is 0.260 e. The van der Waals surface area contributed by atoms with Crippen LogP contribution >= 0.6 is 0 Å². The topological polar surface area (TPSA) is 59.0 Å². The van der Waals surface area contributed by atoms with E-state index in [1.807, 2.05) is 30.3 Å². The molecule has 1 saturated heterocycles. The van der Waals surface area contributed by atoms with E-state index in [1.165, 1.54) is 12.1 Å². The standard InChI is InChI=1S/C20H22FNO4/c21-17-8-4-5-9-18(17)25-13-19(24)22-10-11-26-20(14-22,15-23)12-16-6-2-1-3-7-16/h1-9,23H,10-15H2. The van der Waals surface area contributed by atoms with Crippen LogP contribution in [0.1, 0.15) is 5.56 Å². The van der Waals surface area contributed by atoms with Crippen LogP contribution < -0.4 is 4.74 Å². The van der Waals surface area contributed by atoms with E-state index in [9.17, 15) is 14.3 Å². The normalized spacial score (nSPS) is 20.0. The largest absolute Gasteiger partial charge is 0.481 e. The molecule has 0 radical (unpaired) electrons. The highest BCUT2D eigenvalue weighted by molar-refractivity contribution is 5.78. The number of hydrogen-bond donors (Lipinski definition) is 1. The summed E-state index contributed by atoms with van der Waals surface area (Å²) in [6.07, 6.45) is 0.502. The molecule has 0 saturated carbocycles. The summed E-state index contributed by atoms with van der Waals surface area (Å²) in [5.41, 5.74) is 0.186. The molecule has 2 aromatic carbocycles. The summed E-state index contributed by atoms with van der Waals surface area (Å²) >= 11 is 0. The van der Waals surface area contributed by atoms with Crippen LogP contribution in [0.3, 0.4) is 0 Å².